The van der Waals surface area contributed by atoms with E-state index >= 15 is 0 Å². The van der Waals surface area contributed by atoms with E-state index in [1.54, 1.807) is 4.90 Å². The molecule has 6 heteroatoms. The lowest BCUT2D eigenvalue weighted by molar-refractivity contribution is -0.119. The number of carbonyl (C=O) groups is 2. The maximum Gasteiger partial charge on any atom is 0.254 e. The molecule has 0 radical (unpaired) electrons. The molecular weight excluding hydrogens is 394 g/mol. The molecule has 0 unspecified atom stereocenters. The molecule has 30 heavy (non-hydrogen) atoms. The van der Waals surface area contributed by atoms with Gasteiger partial charge in [-0.1, -0.05) is 74.5 Å². The van der Waals surface area contributed by atoms with E-state index in [0.29, 0.717) is 5.17 Å². The molecule has 2 aromatic carbocycles. The molecule has 2 aromatic rings. The molecule has 0 bridgehead atoms. The average Bonchev–Trinajstić information content (AvgIpc) is 3.11. The molecule has 1 aliphatic heterocycles. The smallest absolute Gasteiger partial charge is 0.254 e. The SMILES string of the molecule is CCc1ccc([C@H](NC(=O)CSC2=NCC(=O)N2c2ccc(C)cc2)C(C)C)cc1. The molecule has 3 rings (SSSR count). The number of anilines is 1. The van der Waals surface area contributed by atoms with Crippen LogP contribution in [0.15, 0.2) is 53.5 Å². The van der Waals surface area contributed by atoms with Gasteiger partial charge in [-0.05, 0) is 42.5 Å². The van der Waals surface area contributed by atoms with Gasteiger partial charge in [-0.3, -0.25) is 19.5 Å². The number of nitrogens with one attached hydrogen (secondary N) is 1. The predicted molar refractivity (Wildman–Crippen MR) is 125 cm³/mol. The molecule has 0 saturated carbocycles. The standard InChI is InChI=1S/C24H29N3O2S/c1-5-18-8-10-19(11-9-18)23(16(2)3)26-21(28)15-30-24-25-14-22(29)27(24)20-12-6-17(4)7-13-20/h6-13,16,23H,5,14-15H2,1-4H3,(H,26,28)/t23-/m1/s1. The number of hydrogen-bond donors (Lipinski definition) is 1. The highest BCUT2D eigenvalue weighted by Crippen LogP contribution is 2.25. The zero-order valence-electron chi connectivity index (χ0n) is 18.0. The van der Waals surface area contributed by atoms with Crippen molar-refractivity contribution >= 4 is 34.4 Å². The van der Waals surface area contributed by atoms with Crippen molar-refractivity contribution in [1.29, 1.82) is 0 Å². The Morgan fingerprint density at radius 3 is 2.40 bits per heavy atom. The van der Waals surface area contributed by atoms with E-state index in [4.69, 9.17) is 0 Å². The first-order chi connectivity index (χ1) is 14.4. The number of amides is 2. The molecule has 158 valence electrons. The highest BCUT2D eigenvalue weighted by atomic mass is 32.2. The highest BCUT2D eigenvalue weighted by Gasteiger charge is 2.28. The van der Waals surface area contributed by atoms with Crippen molar-refractivity contribution in [3.05, 3.63) is 65.2 Å². The van der Waals surface area contributed by atoms with Gasteiger partial charge in [-0.2, -0.15) is 0 Å². The normalized spacial score (nSPS) is 14.8. The first-order valence-corrected chi connectivity index (χ1v) is 11.3. The van der Waals surface area contributed by atoms with Crippen LogP contribution in [0.4, 0.5) is 5.69 Å². The third-order valence-corrected chi connectivity index (χ3v) is 6.12. The van der Waals surface area contributed by atoms with E-state index < -0.39 is 0 Å². The molecule has 1 aliphatic rings. The zero-order chi connectivity index (χ0) is 21.7. The van der Waals surface area contributed by atoms with Crippen molar-refractivity contribution in [2.24, 2.45) is 10.9 Å². The molecule has 2 amide bonds. The summed E-state index contributed by atoms with van der Waals surface area (Å²) < 4.78 is 0. The molecule has 1 atom stereocenters. The van der Waals surface area contributed by atoms with E-state index in [1.165, 1.54) is 17.3 Å². The van der Waals surface area contributed by atoms with E-state index in [2.05, 4.69) is 55.3 Å². The molecule has 1 N–H and O–H groups in total. The number of rotatable bonds is 7. The molecule has 0 spiro atoms. The van der Waals surface area contributed by atoms with Gasteiger partial charge in [0, 0.05) is 0 Å². The summed E-state index contributed by atoms with van der Waals surface area (Å²) in [7, 11) is 0. The molecule has 0 fully saturated rings. The second kappa shape index (κ2) is 9.94. The number of amidine groups is 1. The van der Waals surface area contributed by atoms with Gasteiger partial charge in [-0.25, -0.2) is 0 Å². The maximum atomic E-state index is 12.7. The summed E-state index contributed by atoms with van der Waals surface area (Å²) >= 11 is 1.30. The van der Waals surface area contributed by atoms with Gasteiger partial charge in [0.1, 0.15) is 6.54 Å². The number of thioether (sulfide) groups is 1. The van der Waals surface area contributed by atoms with Crippen molar-refractivity contribution in [3.63, 3.8) is 0 Å². The lowest BCUT2D eigenvalue weighted by Gasteiger charge is -2.23. The number of benzene rings is 2. The predicted octanol–water partition coefficient (Wildman–Crippen LogP) is 4.51. The van der Waals surface area contributed by atoms with Crippen LogP contribution in [0.25, 0.3) is 0 Å². The minimum atomic E-state index is -0.0715. The summed E-state index contributed by atoms with van der Waals surface area (Å²) in [6, 6.07) is 16.1. The number of hydrogen-bond acceptors (Lipinski definition) is 4. The van der Waals surface area contributed by atoms with Gasteiger partial charge in [0.2, 0.25) is 5.91 Å². The third kappa shape index (κ3) is 5.30. The Kier molecular flexibility index (Phi) is 7.32. The zero-order valence-corrected chi connectivity index (χ0v) is 18.8. The van der Waals surface area contributed by atoms with Crippen LogP contribution in [-0.4, -0.2) is 29.3 Å². The van der Waals surface area contributed by atoms with Crippen LogP contribution in [-0.2, 0) is 16.0 Å². The van der Waals surface area contributed by atoms with E-state index in [9.17, 15) is 9.59 Å². The van der Waals surface area contributed by atoms with Gasteiger partial charge in [0.15, 0.2) is 5.17 Å². The first kappa shape index (κ1) is 22.1. The number of carbonyl (C=O) groups excluding carboxylic acids is 2. The van der Waals surface area contributed by atoms with Crippen LogP contribution < -0.4 is 10.2 Å². The molecule has 0 aliphatic carbocycles. The van der Waals surface area contributed by atoms with Crippen LogP contribution in [0.1, 0.15) is 43.5 Å². The topological polar surface area (TPSA) is 61.8 Å². The summed E-state index contributed by atoms with van der Waals surface area (Å²) in [6.07, 6.45) is 0.994. The quantitative estimate of drug-likeness (QED) is 0.713. The Hall–Kier alpha value is -2.60. The van der Waals surface area contributed by atoms with Crippen molar-refractivity contribution in [1.82, 2.24) is 5.32 Å². The van der Waals surface area contributed by atoms with Crippen LogP contribution >= 0.6 is 11.8 Å². The fourth-order valence-corrected chi connectivity index (χ4v) is 4.22. The van der Waals surface area contributed by atoms with E-state index in [1.807, 2.05) is 31.2 Å². The van der Waals surface area contributed by atoms with E-state index in [-0.39, 0.29) is 36.1 Å². The Balaban J connectivity index is 1.63. The number of aliphatic imine (C=N–C) groups is 1. The summed E-state index contributed by atoms with van der Waals surface area (Å²) in [5.74, 6) is 0.341. The van der Waals surface area contributed by atoms with Crippen molar-refractivity contribution in [3.8, 4) is 0 Å². The highest BCUT2D eigenvalue weighted by molar-refractivity contribution is 8.14. The Bertz CT molecular complexity index is 920. The Morgan fingerprint density at radius 1 is 1.13 bits per heavy atom. The minimum Gasteiger partial charge on any atom is -0.348 e. The van der Waals surface area contributed by atoms with Gasteiger partial charge >= 0.3 is 0 Å². The van der Waals surface area contributed by atoms with Gasteiger partial charge in [0.25, 0.3) is 5.91 Å². The Morgan fingerprint density at radius 2 is 1.80 bits per heavy atom. The van der Waals surface area contributed by atoms with Crippen LogP contribution in [0.3, 0.4) is 0 Å². The molecular formula is C24H29N3O2S. The summed E-state index contributed by atoms with van der Waals surface area (Å²) in [4.78, 5) is 30.9. The van der Waals surface area contributed by atoms with Crippen LogP contribution in [0.2, 0.25) is 0 Å². The van der Waals surface area contributed by atoms with E-state index in [0.717, 1.165) is 23.2 Å². The second-order valence-corrected chi connectivity index (χ2v) is 8.78. The molecule has 1 heterocycles. The fraction of sp³-hybridized carbons (Fsp3) is 0.375. The molecule has 0 aromatic heterocycles. The molecule has 5 nitrogen and oxygen atoms in total. The number of aryl methyl sites for hydroxylation is 2. The minimum absolute atomic E-state index is 0.0515. The monoisotopic (exact) mass is 423 g/mol. The number of nitrogens with zero attached hydrogens (tertiary/aromatic N) is 2. The molecule has 0 saturated heterocycles. The average molecular weight is 424 g/mol. The summed E-state index contributed by atoms with van der Waals surface area (Å²) in [5, 5.41) is 3.73. The lowest BCUT2D eigenvalue weighted by Crippen LogP contribution is -2.35. The van der Waals surface area contributed by atoms with Crippen LogP contribution in [0.5, 0.6) is 0 Å². The van der Waals surface area contributed by atoms with Crippen molar-refractivity contribution in [2.75, 3.05) is 17.2 Å². The maximum absolute atomic E-state index is 12.7. The van der Waals surface area contributed by atoms with Crippen LogP contribution in [0, 0.1) is 12.8 Å². The summed E-state index contributed by atoms with van der Waals surface area (Å²) in [6.45, 7) is 8.46. The van der Waals surface area contributed by atoms with Gasteiger partial charge < -0.3 is 5.32 Å². The Labute approximate surface area is 183 Å². The third-order valence-electron chi connectivity index (χ3n) is 5.15. The van der Waals surface area contributed by atoms with Crippen molar-refractivity contribution in [2.45, 2.75) is 40.2 Å². The fourth-order valence-electron chi connectivity index (χ4n) is 3.38. The van der Waals surface area contributed by atoms with Gasteiger partial charge in [-0.15, -0.1) is 0 Å². The first-order valence-electron chi connectivity index (χ1n) is 10.3. The van der Waals surface area contributed by atoms with Crippen molar-refractivity contribution < 1.29 is 9.59 Å². The summed E-state index contributed by atoms with van der Waals surface area (Å²) in [5.41, 5.74) is 4.30. The second-order valence-electron chi connectivity index (χ2n) is 7.84. The largest absolute Gasteiger partial charge is 0.348 e. The van der Waals surface area contributed by atoms with Gasteiger partial charge in [0.05, 0.1) is 17.5 Å². The lowest BCUT2D eigenvalue weighted by atomic mass is 9.95.